The van der Waals surface area contributed by atoms with Crippen molar-refractivity contribution in [3.05, 3.63) is 47.9 Å². The summed E-state index contributed by atoms with van der Waals surface area (Å²) in [6, 6.07) is 2.73. The fourth-order valence-electron chi connectivity index (χ4n) is 1.37. The summed E-state index contributed by atoms with van der Waals surface area (Å²) < 4.78 is 26.5. The fourth-order valence-corrected chi connectivity index (χ4v) is 1.37. The Hall–Kier alpha value is -2.37. The third kappa shape index (κ3) is 2.10. The summed E-state index contributed by atoms with van der Waals surface area (Å²) >= 11 is 0. The number of benzene rings is 1. The quantitative estimate of drug-likeness (QED) is 0.867. The van der Waals surface area contributed by atoms with Gasteiger partial charge in [0.25, 0.3) is 0 Å². The van der Waals surface area contributed by atoms with E-state index in [0.717, 1.165) is 18.2 Å². The lowest BCUT2D eigenvalue weighted by Crippen LogP contribution is -2.05. The molecule has 0 atom stereocenters. The Morgan fingerprint density at radius 3 is 2.59 bits per heavy atom. The Morgan fingerprint density at radius 1 is 1.18 bits per heavy atom. The van der Waals surface area contributed by atoms with Gasteiger partial charge in [0.1, 0.15) is 17.3 Å². The van der Waals surface area contributed by atoms with Gasteiger partial charge in [-0.05, 0) is 18.2 Å². The van der Waals surface area contributed by atoms with Crippen LogP contribution in [0, 0.1) is 11.6 Å². The van der Waals surface area contributed by atoms with Crippen molar-refractivity contribution in [1.82, 2.24) is 9.97 Å². The lowest BCUT2D eigenvalue weighted by Gasteiger charge is -2.05. The summed E-state index contributed by atoms with van der Waals surface area (Å²) in [4.78, 5) is 18.2. The molecule has 0 aliphatic carbocycles. The van der Waals surface area contributed by atoms with E-state index >= 15 is 0 Å². The Balaban J connectivity index is 2.68. The average molecular weight is 236 g/mol. The Morgan fingerprint density at radius 2 is 1.88 bits per heavy atom. The van der Waals surface area contributed by atoms with Crippen LogP contribution in [-0.4, -0.2) is 21.0 Å². The molecule has 0 unspecified atom stereocenters. The van der Waals surface area contributed by atoms with Crippen LogP contribution in [0.3, 0.4) is 0 Å². The molecule has 1 aromatic heterocycles. The molecule has 0 bridgehead atoms. The van der Waals surface area contributed by atoms with E-state index in [2.05, 4.69) is 9.97 Å². The first-order valence-corrected chi connectivity index (χ1v) is 4.59. The van der Waals surface area contributed by atoms with Crippen LogP contribution in [0.1, 0.15) is 10.5 Å². The molecule has 1 N–H and O–H groups in total. The average Bonchev–Trinajstić information content (AvgIpc) is 2.32. The van der Waals surface area contributed by atoms with Crippen molar-refractivity contribution >= 4 is 5.97 Å². The zero-order valence-electron chi connectivity index (χ0n) is 8.39. The Labute approximate surface area is 94.6 Å². The van der Waals surface area contributed by atoms with Crippen molar-refractivity contribution in [2.75, 3.05) is 0 Å². The predicted octanol–water partition coefficient (Wildman–Crippen LogP) is 2.12. The number of rotatable bonds is 2. The van der Waals surface area contributed by atoms with Gasteiger partial charge in [0, 0.05) is 18.0 Å². The van der Waals surface area contributed by atoms with E-state index in [1.807, 2.05) is 0 Å². The normalized spacial score (nSPS) is 10.2. The van der Waals surface area contributed by atoms with Gasteiger partial charge >= 0.3 is 5.97 Å². The Bertz CT molecular complexity index is 587. The zero-order chi connectivity index (χ0) is 12.4. The molecule has 0 aliphatic heterocycles. The summed E-state index contributed by atoms with van der Waals surface area (Å²) in [5.74, 6) is -2.78. The van der Waals surface area contributed by atoms with E-state index in [1.54, 1.807) is 0 Å². The van der Waals surface area contributed by atoms with E-state index in [9.17, 15) is 13.6 Å². The molecule has 2 rings (SSSR count). The highest BCUT2D eigenvalue weighted by Crippen LogP contribution is 2.23. The van der Waals surface area contributed by atoms with Crippen molar-refractivity contribution in [2.45, 2.75) is 0 Å². The first kappa shape index (κ1) is 11.1. The van der Waals surface area contributed by atoms with Crippen molar-refractivity contribution in [2.24, 2.45) is 0 Å². The second-order valence-electron chi connectivity index (χ2n) is 3.18. The van der Waals surface area contributed by atoms with Gasteiger partial charge in [0.05, 0.1) is 0 Å². The molecule has 0 amide bonds. The second-order valence-corrected chi connectivity index (χ2v) is 3.18. The molecule has 6 heteroatoms. The number of nitrogens with zero attached hydrogens (tertiary/aromatic N) is 2. The van der Waals surface area contributed by atoms with Crippen LogP contribution >= 0.6 is 0 Å². The number of hydrogen-bond donors (Lipinski definition) is 1. The molecule has 1 heterocycles. The van der Waals surface area contributed by atoms with Crippen LogP contribution in [0.25, 0.3) is 11.3 Å². The monoisotopic (exact) mass is 236 g/mol. The summed E-state index contributed by atoms with van der Waals surface area (Å²) in [5.41, 5.74) is -0.843. The molecule has 1 aromatic carbocycles. The SMILES string of the molecule is O=C(O)c1nccnc1-c1cc(F)ccc1F. The van der Waals surface area contributed by atoms with E-state index in [-0.39, 0.29) is 11.3 Å². The van der Waals surface area contributed by atoms with Gasteiger partial charge in [-0.3, -0.25) is 4.98 Å². The minimum Gasteiger partial charge on any atom is -0.476 e. The highest BCUT2D eigenvalue weighted by atomic mass is 19.1. The minimum atomic E-state index is -1.35. The molecule has 0 radical (unpaired) electrons. The molecule has 4 nitrogen and oxygen atoms in total. The molecule has 2 aromatic rings. The molecular formula is C11H6F2N2O2. The lowest BCUT2D eigenvalue weighted by atomic mass is 10.1. The van der Waals surface area contributed by atoms with Crippen LogP contribution in [0.5, 0.6) is 0 Å². The molecule has 0 saturated heterocycles. The third-order valence-electron chi connectivity index (χ3n) is 2.08. The van der Waals surface area contributed by atoms with Crippen molar-refractivity contribution in [3.8, 4) is 11.3 Å². The fraction of sp³-hybridized carbons (Fsp3) is 0. The number of aromatic carboxylic acids is 1. The number of carboxylic acid groups (broad SMARTS) is 1. The molecule has 0 saturated carbocycles. The molecule has 86 valence electrons. The van der Waals surface area contributed by atoms with Gasteiger partial charge in [-0.1, -0.05) is 0 Å². The highest BCUT2D eigenvalue weighted by Gasteiger charge is 2.17. The lowest BCUT2D eigenvalue weighted by molar-refractivity contribution is 0.0691. The van der Waals surface area contributed by atoms with Crippen molar-refractivity contribution in [1.29, 1.82) is 0 Å². The zero-order valence-corrected chi connectivity index (χ0v) is 8.39. The van der Waals surface area contributed by atoms with Crippen LogP contribution in [0.4, 0.5) is 8.78 Å². The largest absolute Gasteiger partial charge is 0.476 e. The van der Waals surface area contributed by atoms with E-state index in [4.69, 9.17) is 5.11 Å². The van der Waals surface area contributed by atoms with E-state index < -0.39 is 23.3 Å². The predicted molar refractivity (Wildman–Crippen MR) is 54.3 cm³/mol. The summed E-state index contributed by atoms with van der Waals surface area (Å²) in [6.45, 7) is 0. The molecule has 17 heavy (non-hydrogen) atoms. The van der Waals surface area contributed by atoms with Crippen molar-refractivity contribution in [3.63, 3.8) is 0 Å². The topological polar surface area (TPSA) is 63.1 Å². The number of halogens is 2. The Kier molecular flexibility index (Phi) is 2.78. The maximum absolute atomic E-state index is 13.5. The highest BCUT2D eigenvalue weighted by molar-refractivity contribution is 5.92. The second kappa shape index (κ2) is 4.25. The van der Waals surface area contributed by atoms with Gasteiger partial charge < -0.3 is 5.11 Å². The van der Waals surface area contributed by atoms with E-state index in [1.165, 1.54) is 12.4 Å². The number of carbonyl (C=O) groups is 1. The number of hydrogen-bond acceptors (Lipinski definition) is 3. The smallest absolute Gasteiger partial charge is 0.356 e. The van der Waals surface area contributed by atoms with Gasteiger partial charge in [-0.15, -0.1) is 0 Å². The maximum atomic E-state index is 13.5. The number of aromatic nitrogens is 2. The summed E-state index contributed by atoms with van der Waals surface area (Å²) in [5, 5.41) is 8.87. The minimum absolute atomic E-state index is 0.197. The summed E-state index contributed by atoms with van der Waals surface area (Å²) in [6.07, 6.45) is 2.39. The maximum Gasteiger partial charge on any atom is 0.356 e. The molecular weight excluding hydrogens is 230 g/mol. The van der Waals surface area contributed by atoms with E-state index in [0.29, 0.717) is 0 Å². The van der Waals surface area contributed by atoms with Gasteiger partial charge in [-0.2, -0.15) is 0 Å². The molecule has 0 spiro atoms. The summed E-state index contributed by atoms with van der Waals surface area (Å²) in [7, 11) is 0. The van der Waals surface area contributed by atoms with Gasteiger partial charge in [0.15, 0.2) is 5.69 Å². The van der Waals surface area contributed by atoms with Crippen LogP contribution in [0.2, 0.25) is 0 Å². The van der Waals surface area contributed by atoms with Crippen LogP contribution in [0.15, 0.2) is 30.6 Å². The van der Waals surface area contributed by atoms with Crippen LogP contribution in [-0.2, 0) is 0 Å². The molecule has 0 aliphatic rings. The van der Waals surface area contributed by atoms with Gasteiger partial charge in [-0.25, -0.2) is 18.6 Å². The standard InChI is InChI=1S/C11H6F2N2O2/c12-6-1-2-8(13)7(5-6)9-10(11(16)17)15-4-3-14-9/h1-5H,(H,16,17). The van der Waals surface area contributed by atoms with Crippen molar-refractivity contribution < 1.29 is 18.7 Å². The van der Waals surface area contributed by atoms with Crippen LogP contribution < -0.4 is 0 Å². The van der Waals surface area contributed by atoms with Gasteiger partial charge in [0.2, 0.25) is 0 Å². The first-order chi connectivity index (χ1) is 8.09. The molecule has 0 fully saturated rings. The third-order valence-corrected chi connectivity index (χ3v) is 2.08. The first-order valence-electron chi connectivity index (χ1n) is 4.59. The number of carboxylic acids is 1.